The zero-order valence-corrected chi connectivity index (χ0v) is 19.1. The molecule has 26 heavy (non-hydrogen) atoms. The minimum absolute atomic E-state index is 0. The largest absolute Gasteiger partial charge is 0.356 e. The molecule has 3 aliphatic rings. The third kappa shape index (κ3) is 6.03. The molecular formula is C18H28BrFIN5. The van der Waals surface area contributed by atoms with Crippen LogP contribution in [-0.2, 0) is 6.42 Å². The van der Waals surface area contributed by atoms with E-state index in [0.717, 1.165) is 42.1 Å². The van der Waals surface area contributed by atoms with Crippen molar-refractivity contribution < 1.29 is 4.39 Å². The van der Waals surface area contributed by atoms with Crippen LogP contribution in [0.25, 0.3) is 0 Å². The number of halogens is 3. The van der Waals surface area contributed by atoms with Crippen LogP contribution in [-0.4, -0.2) is 74.7 Å². The quantitative estimate of drug-likeness (QED) is 0.252. The molecule has 0 saturated carbocycles. The summed E-state index contributed by atoms with van der Waals surface area (Å²) >= 11 is 3.29. The molecule has 1 atom stereocenters. The van der Waals surface area contributed by atoms with E-state index in [-0.39, 0.29) is 29.8 Å². The summed E-state index contributed by atoms with van der Waals surface area (Å²) in [6, 6.07) is 5.81. The molecule has 2 N–H and O–H groups in total. The Bertz CT molecular complexity index is 607. The molecule has 1 aromatic rings. The van der Waals surface area contributed by atoms with Gasteiger partial charge in [0, 0.05) is 63.4 Å². The molecule has 3 fully saturated rings. The summed E-state index contributed by atoms with van der Waals surface area (Å²) in [6.07, 6.45) is 1.58. The molecular weight excluding hydrogens is 512 g/mol. The Hall–Kier alpha value is -0.450. The molecule has 1 unspecified atom stereocenters. The minimum atomic E-state index is -0.145. The van der Waals surface area contributed by atoms with E-state index in [0.29, 0.717) is 12.5 Å². The first kappa shape index (κ1) is 21.8. The van der Waals surface area contributed by atoms with Crippen molar-refractivity contribution in [1.29, 1.82) is 0 Å². The highest BCUT2D eigenvalue weighted by Crippen LogP contribution is 2.16. The zero-order chi connectivity index (χ0) is 17.6. The van der Waals surface area contributed by atoms with Crippen LogP contribution in [0.15, 0.2) is 27.7 Å². The van der Waals surface area contributed by atoms with E-state index in [1.54, 1.807) is 7.05 Å². The normalized spacial score (nSPS) is 24.9. The maximum atomic E-state index is 13.8. The van der Waals surface area contributed by atoms with Crippen molar-refractivity contribution >= 4 is 45.9 Å². The Balaban J connectivity index is 0.00000243. The number of hydrogen-bond donors (Lipinski definition) is 2. The Morgan fingerprint density at radius 1 is 1.27 bits per heavy atom. The van der Waals surface area contributed by atoms with Gasteiger partial charge in [-0.15, -0.1) is 24.0 Å². The van der Waals surface area contributed by atoms with Crippen LogP contribution in [0.5, 0.6) is 0 Å². The van der Waals surface area contributed by atoms with E-state index in [1.807, 2.05) is 12.1 Å². The van der Waals surface area contributed by atoms with Crippen molar-refractivity contribution in [3.63, 3.8) is 0 Å². The van der Waals surface area contributed by atoms with Crippen LogP contribution in [0.4, 0.5) is 4.39 Å². The van der Waals surface area contributed by atoms with E-state index in [9.17, 15) is 4.39 Å². The highest BCUT2D eigenvalue weighted by molar-refractivity contribution is 14.0. The predicted molar refractivity (Wildman–Crippen MR) is 119 cm³/mol. The standard InChI is InChI=1S/C18H27BrFN5.HI/c1-21-18(23-12-16-13-24-7-9-25(16)10-8-24)22-6-2-3-14-4-5-15(19)11-17(14)20;/h4-5,11,16H,2-3,6-10,12-13H2,1H3,(H2,21,22,23);1H. The van der Waals surface area contributed by atoms with Crippen LogP contribution >= 0.6 is 39.9 Å². The van der Waals surface area contributed by atoms with E-state index >= 15 is 0 Å². The lowest BCUT2D eigenvalue weighted by atomic mass is 10.1. The van der Waals surface area contributed by atoms with E-state index in [1.165, 1.54) is 32.2 Å². The number of nitrogens with one attached hydrogen (secondary N) is 2. The van der Waals surface area contributed by atoms with E-state index in [2.05, 4.69) is 41.4 Å². The number of guanidine groups is 1. The molecule has 1 aromatic carbocycles. The average molecular weight is 540 g/mol. The minimum Gasteiger partial charge on any atom is -0.356 e. The second-order valence-corrected chi connectivity index (χ2v) is 7.63. The highest BCUT2D eigenvalue weighted by Gasteiger charge is 2.31. The first-order valence-electron chi connectivity index (χ1n) is 9.00. The van der Waals surface area contributed by atoms with Gasteiger partial charge in [-0.05, 0) is 30.5 Å². The van der Waals surface area contributed by atoms with Crippen LogP contribution < -0.4 is 10.6 Å². The fraction of sp³-hybridized carbons (Fsp3) is 0.611. The van der Waals surface area contributed by atoms with Crippen LogP contribution in [0.3, 0.4) is 0 Å². The number of benzene rings is 1. The average Bonchev–Trinajstić information content (AvgIpc) is 2.63. The number of nitrogens with zero attached hydrogens (tertiary/aromatic N) is 3. The fourth-order valence-electron chi connectivity index (χ4n) is 3.56. The van der Waals surface area contributed by atoms with Crippen molar-refractivity contribution in [2.45, 2.75) is 18.9 Å². The Morgan fingerprint density at radius 2 is 2.04 bits per heavy atom. The number of piperazine rings is 3. The van der Waals surface area contributed by atoms with Gasteiger partial charge in [0.25, 0.3) is 0 Å². The zero-order valence-electron chi connectivity index (χ0n) is 15.2. The van der Waals surface area contributed by atoms with Gasteiger partial charge < -0.3 is 10.6 Å². The van der Waals surface area contributed by atoms with E-state index in [4.69, 9.17) is 0 Å². The van der Waals surface area contributed by atoms with Crippen molar-refractivity contribution in [2.75, 3.05) is 52.9 Å². The molecule has 2 bridgehead atoms. The fourth-order valence-corrected chi connectivity index (χ4v) is 3.90. The first-order valence-corrected chi connectivity index (χ1v) is 9.80. The van der Waals surface area contributed by atoms with Crippen molar-refractivity contribution in [3.8, 4) is 0 Å². The lowest BCUT2D eigenvalue weighted by Crippen LogP contribution is -2.63. The van der Waals surface area contributed by atoms with Crippen molar-refractivity contribution in [2.24, 2.45) is 4.99 Å². The third-order valence-electron chi connectivity index (χ3n) is 5.05. The number of aryl methyl sites for hydroxylation is 1. The van der Waals surface area contributed by atoms with Crippen LogP contribution in [0.2, 0.25) is 0 Å². The topological polar surface area (TPSA) is 42.9 Å². The molecule has 0 spiro atoms. The molecule has 8 heteroatoms. The first-order chi connectivity index (χ1) is 12.2. The maximum absolute atomic E-state index is 13.8. The number of aliphatic imine (C=N–C) groups is 1. The van der Waals surface area contributed by atoms with Gasteiger partial charge in [0.15, 0.2) is 5.96 Å². The summed E-state index contributed by atoms with van der Waals surface area (Å²) in [4.78, 5) is 9.39. The summed E-state index contributed by atoms with van der Waals surface area (Å²) in [5.74, 6) is 0.683. The van der Waals surface area contributed by atoms with Gasteiger partial charge in [-0.25, -0.2) is 4.39 Å². The molecule has 3 aliphatic heterocycles. The maximum Gasteiger partial charge on any atom is 0.191 e. The van der Waals surface area contributed by atoms with Gasteiger partial charge in [0.2, 0.25) is 0 Å². The molecule has 4 rings (SSSR count). The number of rotatable bonds is 6. The molecule has 5 nitrogen and oxygen atoms in total. The highest BCUT2D eigenvalue weighted by atomic mass is 127. The van der Waals surface area contributed by atoms with Gasteiger partial charge >= 0.3 is 0 Å². The summed E-state index contributed by atoms with van der Waals surface area (Å²) < 4.78 is 14.6. The summed E-state index contributed by atoms with van der Waals surface area (Å²) in [5, 5.41) is 6.76. The number of fused-ring (bicyclic) bond motifs is 3. The molecule has 0 amide bonds. The van der Waals surface area contributed by atoms with Gasteiger partial charge in [-0.2, -0.15) is 0 Å². The van der Waals surface area contributed by atoms with Gasteiger partial charge in [-0.3, -0.25) is 14.8 Å². The molecule has 0 aromatic heterocycles. The Morgan fingerprint density at radius 3 is 2.65 bits per heavy atom. The lowest BCUT2D eigenvalue weighted by Gasteiger charge is -2.47. The second-order valence-electron chi connectivity index (χ2n) is 6.71. The second kappa shape index (κ2) is 10.8. The summed E-state index contributed by atoms with van der Waals surface area (Å²) in [5.41, 5.74) is 0.757. The Labute approximate surface area is 180 Å². The SMILES string of the molecule is CN=C(NCCCc1ccc(Br)cc1F)NCC1CN2CCN1CC2.I. The third-order valence-corrected chi connectivity index (χ3v) is 5.54. The van der Waals surface area contributed by atoms with Gasteiger partial charge in [0.05, 0.1) is 0 Å². The molecule has 3 saturated heterocycles. The smallest absolute Gasteiger partial charge is 0.191 e. The van der Waals surface area contributed by atoms with Gasteiger partial charge in [-0.1, -0.05) is 22.0 Å². The Kier molecular flexibility index (Phi) is 9.05. The molecule has 3 heterocycles. The number of hydrogen-bond acceptors (Lipinski definition) is 3. The van der Waals surface area contributed by atoms with Crippen LogP contribution in [0, 0.1) is 5.82 Å². The van der Waals surface area contributed by atoms with Crippen LogP contribution in [0.1, 0.15) is 12.0 Å². The predicted octanol–water partition coefficient (Wildman–Crippen LogP) is 2.30. The molecule has 0 radical (unpaired) electrons. The van der Waals surface area contributed by atoms with E-state index < -0.39 is 0 Å². The van der Waals surface area contributed by atoms with Crippen molar-refractivity contribution in [3.05, 3.63) is 34.1 Å². The molecule has 0 aliphatic carbocycles. The monoisotopic (exact) mass is 539 g/mol. The summed E-state index contributed by atoms with van der Waals surface area (Å²) in [6.45, 7) is 7.60. The molecule has 146 valence electrons. The lowest BCUT2D eigenvalue weighted by molar-refractivity contribution is 0.0154. The van der Waals surface area contributed by atoms with Crippen molar-refractivity contribution in [1.82, 2.24) is 20.4 Å². The van der Waals surface area contributed by atoms with Gasteiger partial charge in [0.1, 0.15) is 5.82 Å². The summed E-state index contributed by atoms with van der Waals surface area (Å²) in [7, 11) is 1.79.